The monoisotopic (exact) mass is 405 g/mol. The molecule has 0 spiro atoms. The SMILES string of the molecule is CCOC(=O)Cn1ccc2cc(-c3ccc(B4OC(C)(C)C(C)(C)O4)cc3)ccc21. The van der Waals surface area contributed by atoms with Crippen LogP contribution in [0.3, 0.4) is 0 Å². The number of carbonyl (C=O) groups excluding carboxylic acids is 1. The van der Waals surface area contributed by atoms with Crippen LogP contribution in [0.2, 0.25) is 0 Å². The van der Waals surface area contributed by atoms with Crippen LogP contribution in [0.4, 0.5) is 0 Å². The van der Waals surface area contributed by atoms with Crippen molar-refractivity contribution in [1.82, 2.24) is 4.57 Å². The van der Waals surface area contributed by atoms with Gasteiger partial charge in [-0.15, -0.1) is 0 Å². The zero-order chi connectivity index (χ0) is 21.5. The van der Waals surface area contributed by atoms with Crippen LogP contribution in [0, 0.1) is 0 Å². The van der Waals surface area contributed by atoms with Crippen LogP contribution in [-0.2, 0) is 25.4 Å². The van der Waals surface area contributed by atoms with E-state index >= 15 is 0 Å². The molecule has 156 valence electrons. The maximum absolute atomic E-state index is 11.8. The van der Waals surface area contributed by atoms with E-state index in [0.29, 0.717) is 6.61 Å². The standard InChI is InChI=1S/C24H28BNO4/c1-6-28-22(27)16-26-14-13-19-15-18(9-12-21(19)26)17-7-10-20(11-8-17)25-29-23(2,3)24(4,5)30-25/h7-15H,6,16H2,1-5H3. The number of aromatic nitrogens is 1. The summed E-state index contributed by atoms with van der Waals surface area (Å²) in [6.45, 7) is 10.7. The van der Waals surface area contributed by atoms with Crippen molar-refractivity contribution < 1.29 is 18.8 Å². The Morgan fingerprint density at radius 3 is 2.23 bits per heavy atom. The average Bonchev–Trinajstić information content (AvgIpc) is 3.18. The van der Waals surface area contributed by atoms with Gasteiger partial charge in [-0.1, -0.05) is 30.3 Å². The fourth-order valence-electron chi connectivity index (χ4n) is 3.68. The molecular weight excluding hydrogens is 377 g/mol. The van der Waals surface area contributed by atoms with Gasteiger partial charge in [-0.25, -0.2) is 0 Å². The normalized spacial score (nSPS) is 17.4. The minimum Gasteiger partial charge on any atom is -0.465 e. The molecule has 0 saturated carbocycles. The number of ether oxygens (including phenoxy) is 1. The van der Waals surface area contributed by atoms with E-state index in [0.717, 1.165) is 27.5 Å². The van der Waals surface area contributed by atoms with Gasteiger partial charge in [0.15, 0.2) is 0 Å². The van der Waals surface area contributed by atoms with E-state index in [1.165, 1.54) is 0 Å². The molecule has 1 aromatic heterocycles. The lowest BCUT2D eigenvalue weighted by atomic mass is 9.78. The van der Waals surface area contributed by atoms with Gasteiger partial charge in [0.25, 0.3) is 0 Å². The first-order valence-electron chi connectivity index (χ1n) is 10.4. The van der Waals surface area contributed by atoms with Gasteiger partial charge in [0, 0.05) is 17.1 Å². The first kappa shape index (κ1) is 20.7. The van der Waals surface area contributed by atoms with Gasteiger partial charge in [0.05, 0.1) is 17.8 Å². The van der Waals surface area contributed by atoms with E-state index in [4.69, 9.17) is 14.0 Å². The van der Waals surface area contributed by atoms with Crippen LogP contribution < -0.4 is 5.46 Å². The van der Waals surface area contributed by atoms with Gasteiger partial charge in [0.2, 0.25) is 0 Å². The Labute approximate surface area is 178 Å². The summed E-state index contributed by atoms with van der Waals surface area (Å²) >= 11 is 0. The molecule has 1 saturated heterocycles. The molecule has 1 aliphatic rings. The Morgan fingerprint density at radius 2 is 1.60 bits per heavy atom. The lowest BCUT2D eigenvalue weighted by molar-refractivity contribution is -0.143. The lowest BCUT2D eigenvalue weighted by Gasteiger charge is -2.32. The molecule has 1 fully saturated rings. The summed E-state index contributed by atoms with van der Waals surface area (Å²) in [5.41, 5.74) is 3.57. The Hall–Kier alpha value is -2.57. The summed E-state index contributed by atoms with van der Waals surface area (Å²) in [6.07, 6.45) is 1.92. The number of benzene rings is 2. The molecule has 0 radical (unpaired) electrons. The highest BCUT2D eigenvalue weighted by Crippen LogP contribution is 2.36. The summed E-state index contributed by atoms with van der Waals surface area (Å²) in [6, 6.07) is 16.6. The summed E-state index contributed by atoms with van der Waals surface area (Å²) in [7, 11) is -0.358. The van der Waals surface area contributed by atoms with Crippen LogP contribution in [0.15, 0.2) is 54.7 Å². The number of hydrogen-bond acceptors (Lipinski definition) is 4. The first-order valence-corrected chi connectivity index (χ1v) is 10.4. The Kier molecular flexibility index (Phi) is 5.24. The summed E-state index contributed by atoms with van der Waals surface area (Å²) in [5, 5.41) is 1.09. The topological polar surface area (TPSA) is 49.7 Å². The number of carbonyl (C=O) groups is 1. The van der Waals surface area contributed by atoms with Crippen molar-refractivity contribution in [3.8, 4) is 11.1 Å². The fourth-order valence-corrected chi connectivity index (χ4v) is 3.68. The van der Waals surface area contributed by atoms with Crippen molar-refractivity contribution in [1.29, 1.82) is 0 Å². The molecular formula is C24H28BNO4. The maximum atomic E-state index is 11.8. The minimum absolute atomic E-state index is 0.222. The second kappa shape index (κ2) is 7.60. The van der Waals surface area contributed by atoms with E-state index in [-0.39, 0.29) is 30.8 Å². The van der Waals surface area contributed by atoms with Crippen molar-refractivity contribution in [2.24, 2.45) is 0 Å². The summed E-state index contributed by atoms with van der Waals surface area (Å²) in [4.78, 5) is 11.8. The predicted octanol–water partition coefficient (Wildman–Crippen LogP) is 4.17. The minimum atomic E-state index is -0.358. The molecule has 0 N–H and O–H groups in total. The molecule has 6 heteroatoms. The first-order chi connectivity index (χ1) is 14.2. The van der Waals surface area contributed by atoms with Gasteiger partial charge >= 0.3 is 13.1 Å². The lowest BCUT2D eigenvalue weighted by Crippen LogP contribution is -2.41. The third-order valence-corrected chi connectivity index (χ3v) is 6.15. The summed E-state index contributed by atoms with van der Waals surface area (Å²) in [5.74, 6) is -0.225. The Bertz CT molecular complexity index is 1050. The van der Waals surface area contributed by atoms with E-state index in [1.807, 2.05) is 29.8 Å². The Morgan fingerprint density at radius 1 is 0.967 bits per heavy atom. The number of hydrogen-bond donors (Lipinski definition) is 0. The fraction of sp³-hybridized carbons (Fsp3) is 0.375. The van der Waals surface area contributed by atoms with Crippen LogP contribution in [-0.4, -0.2) is 35.5 Å². The predicted molar refractivity (Wildman–Crippen MR) is 120 cm³/mol. The number of esters is 1. The van der Waals surface area contributed by atoms with Crippen LogP contribution in [0.5, 0.6) is 0 Å². The molecule has 0 unspecified atom stereocenters. The summed E-state index contributed by atoms with van der Waals surface area (Å²) < 4.78 is 19.3. The molecule has 0 amide bonds. The molecule has 0 bridgehead atoms. The molecule has 1 aliphatic heterocycles. The molecule has 4 rings (SSSR count). The van der Waals surface area contributed by atoms with Gasteiger partial charge in [-0.2, -0.15) is 0 Å². The molecule has 3 aromatic rings. The van der Waals surface area contributed by atoms with E-state index in [2.05, 4.69) is 64.1 Å². The second-order valence-electron chi connectivity index (χ2n) is 8.73. The highest BCUT2D eigenvalue weighted by molar-refractivity contribution is 6.62. The van der Waals surface area contributed by atoms with Gasteiger partial charge in [0.1, 0.15) is 6.54 Å². The van der Waals surface area contributed by atoms with Crippen LogP contribution >= 0.6 is 0 Å². The molecule has 2 aromatic carbocycles. The largest absolute Gasteiger partial charge is 0.494 e. The van der Waals surface area contributed by atoms with E-state index in [1.54, 1.807) is 0 Å². The molecule has 2 heterocycles. The second-order valence-corrected chi connectivity index (χ2v) is 8.73. The third kappa shape index (κ3) is 3.77. The smallest absolute Gasteiger partial charge is 0.465 e. The maximum Gasteiger partial charge on any atom is 0.494 e. The van der Waals surface area contributed by atoms with Gasteiger partial charge in [-0.3, -0.25) is 4.79 Å². The zero-order valence-electron chi connectivity index (χ0n) is 18.3. The number of nitrogens with zero attached hydrogens (tertiary/aromatic N) is 1. The van der Waals surface area contributed by atoms with Crippen molar-refractivity contribution in [2.75, 3.05) is 6.61 Å². The van der Waals surface area contributed by atoms with Crippen molar-refractivity contribution in [2.45, 2.75) is 52.4 Å². The Balaban J connectivity index is 1.54. The quantitative estimate of drug-likeness (QED) is 0.472. The molecule has 5 nitrogen and oxygen atoms in total. The van der Waals surface area contributed by atoms with Crippen molar-refractivity contribution in [3.05, 3.63) is 54.7 Å². The van der Waals surface area contributed by atoms with E-state index < -0.39 is 0 Å². The number of rotatable bonds is 5. The van der Waals surface area contributed by atoms with Gasteiger partial charge < -0.3 is 18.6 Å². The third-order valence-electron chi connectivity index (χ3n) is 6.15. The molecule has 30 heavy (non-hydrogen) atoms. The molecule has 0 atom stereocenters. The highest BCUT2D eigenvalue weighted by atomic mass is 16.7. The zero-order valence-corrected chi connectivity index (χ0v) is 18.3. The van der Waals surface area contributed by atoms with Crippen LogP contribution in [0.1, 0.15) is 34.6 Å². The van der Waals surface area contributed by atoms with E-state index in [9.17, 15) is 4.79 Å². The van der Waals surface area contributed by atoms with Crippen molar-refractivity contribution in [3.63, 3.8) is 0 Å². The van der Waals surface area contributed by atoms with Crippen molar-refractivity contribution >= 4 is 29.5 Å². The molecule has 0 aliphatic carbocycles. The van der Waals surface area contributed by atoms with Crippen LogP contribution in [0.25, 0.3) is 22.0 Å². The van der Waals surface area contributed by atoms with Gasteiger partial charge in [-0.05, 0) is 69.4 Å². The average molecular weight is 405 g/mol. The number of fused-ring (bicyclic) bond motifs is 1. The highest BCUT2D eigenvalue weighted by Gasteiger charge is 2.51.